The monoisotopic (exact) mass is 159 g/mol. The summed E-state index contributed by atoms with van der Waals surface area (Å²) in [7, 11) is 0. The molecule has 0 aliphatic heterocycles. The Balaban J connectivity index is 2.99. The molecule has 0 aromatic heterocycles. The van der Waals surface area contributed by atoms with Gasteiger partial charge in [-0.25, -0.2) is 0 Å². The minimum atomic E-state index is 0.00589. The molecule has 1 rings (SSSR count). The molecule has 12 heavy (non-hydrogen) atoms. The Bertz CT molecular complexity index is 323. The summed E-state index contributed by atoms with van der Waals surface area (Å²) in [5.74, 6) is 0. The molecular formula is C10H9NO. The van der Waals surface area contributed by atoms with Gasteiger partial charge >= 0.3 is 0 Å². The first-order chi connectivity index (χ1) is 5.88. The molecule has 0 atom stereocenters. The van der Waals surface area contributed by atoms with Crippen LogP contribution in [0.1, 0.15) is 11.1 Å². The maximum atomic E-state index is 8.90. The number of rotatable bonds is 2. The van der Waals surface area contributed by atoms with Crippen molar-refractivity contribution in [2.24, 2.45) is 0 Å². The molecule has 2 nitrogen and oxygen atoms in total. The van der Waals surface area contributed by atoms with Crippen molar-refractivity contribution in [1.82, 2.24) is 0 Å². The highest BCUT2D eigenvalue weighted by Crippen LogP contribution is 2.09. The fraction of sp³-hybridized carbons (Fsp3) is 0.100. The largest absolute Gasteiger partial charge is 0.392 e. The molecule has 2 heteroatoms. The lowest BCUT2D eigenvalue weighted by atomic mass is 10.1. The zero-order chi connectivity index (χ0) is 8.81. The van der Waals surface area contributed by atoms with Crippen molar-refractivity contribution in [3.05, 3.63) is 41.5 Å². The first-order valence-corrected chi connectivity index (χ1v) is 3.63. The quantitative estimate of drug-likeness (QED) is 0.667. The molecule has 0 spiro atoms. The van der Waals surface area contributed by atoms with Crippen LogP contribution in [0.5, 0.6) is 0 Å². The Morgan fingerprint density at radius 2 is 2.17 bits per heavy atom. The third kappa shape index (κ3) is 1.94. The first-order valence-electron chi connectivity index (χ1n) is 3.63. The molecule has 0 amide bonds. The second-order valence-electron chi connectivity index (χ2n) is 2.32. The van der Waals surface area contributed by atoms with Crippen molar-refractivity contribution in [1.29, 1.82) is 5.26 Å². The molecule has 0 saturated heterocycles. The number of benzene rings is 1. The number of allylic oxidation sites excluding steroid dienone is 1. The summed E-state index contributed by atoms with van der Waals surface area (Å²) < 4.78 is 0. The standard InChI is InChI=1S/C10H9NO/c11-7-3-6-9-4-1-2-5-10(9)8-12/h1-6,12H,8H2/b6-3+. The molecular weight excluding hydrogens is 150 g/mol. The number of nitrogens with zero attached hydrogens (tertiary/aromatic N) is 1. The summed E-state index contributed by atoms with van der Waals surface area (Å²) in [6.45, 7) is 0.00589. The average Bonchev–Trinajstić information content (AvgIpc) is 2.15. The van der Waals surface area contributed by atoms with E-state index in [-0.39, 0.29) is 6.61 Å². The number of hydrogen-bond donors (Lipinski definition) is 1. The fourth-order valence-electron chi connectivity index (χ4n) is 0.968. The van der Waals surface area contributed by atoms with Gasteiger partial charge in [0.15, 0.2) is 0 Å². The van der Waals surface area contributed by atoms with E-state index in [9.17, 15) is 0 Å². The molecule has 0 radical (unpaired) electrons. The van der Waals surface area contributed by atoms with Crippen molar-refractivity contribution in [2.45, 2.75) is 6.61 Å². The third-order valence-corrected chi connectivity index (χ3v) is 1.56. The molecule has 0 aliphatic carbocycles. The summed E-state index contributed by atoms with van der Waals surface area (Å²) >= 11 is 0. The van der Waals surface area contributed by atoms with E-state index in [1.807, 2.05) is 30.3 Å². The van der Waals surface area contributed by atoms with Crippen LogP contribution in [0.3, 0.4) is 0 Å². The van der Waals surface area contributed by atoms with Gasteiger partial charge < -0.3 is 5.11 Å². The van der Waals surface area contributed by atoms with E-state index >= 15 is 0 Å². The minimum absolute atomic E-state index is 0.00589. The van der Waals surface area contributed by atoms with E-state index < -0.39 is 0 Å². The number of nitriles is 1. The zero-order valence-electron chi connectivity index (χ0n) is 6.57. The predicted octanol–water partition coefficient (Wildman–Crippen LogP) is 1.72. The van der Waals surface area contributed by atoms with Crippen LogP contribution < -0.4 is 0 Å². The molecule has 1 aromatic rings. The second kappa shape index (κ2) is 4.32. The van der Waals surface area contributed by atoms with Gasteiger partial charge in [-0.1, -0.05) is 24.3 Å². The number of aliphatic hydroxyl groups excluding tert-OH is 1. The van der Waals surface area contributed by atoms with Gasteiger partial charge in [-0.2, -0.15) is 5.26 Å². The van der Waals surface area contributed by atoms with Crippen molar-refractivity contribution >= 4 is 6.08 Å². The second-order valence-corrected chi connectivity index (χ2v) is 2.32. The Kier molecular flexibility index (Phi) is 3.06. The minimum Gasteiger partial charge on any atom is -0.392 e. The van der Waals surface area contributed by atoms with Crippen LogP contribution in [-0.2, 0) is 6.61 Å². The van der Waals surface area contributed by atoms with Crippen LogP contribution in [-0.4, -0.2) is 5.11 Å². The van der Waals surface area contributed by atoms with Gasteiger partial charge in [0.05, 0.1) is 12.7 Å². The molecule has 0 unspecified atom stereocenters. The van der Waals surface area contributed by atoms with Gasteiger partial charge in [0, 0.05) is 6.08 Å². The van der Waals surface area contributed by atoms with E-state index in [4.69, 9.17) is 10.4 Å². The lowest BCUT2D eigenvalue weighted by Crippen LogP contribution is -1.86. The summed E-state index contributed by atoms with van der Waals surface area (Å²) in [5, 5.41) is 17.2. The topological polar surface area (TPSA) is 44.0 Å². The Labute approximate surface area is 71.4 Å². The Morgan fingerprint density at radius 3 is 2.83 bits per heavy atom. The van der Waals surface area contributed by atoms with Crippen LogP contribution in [0.15, 0.2) is 30.3 Å². The number of aliphatic hydroxyl groups is 1. The molecule has 1 N–H and O–H groups in total. The van der Waals surface area contributed by atoms with Gasteiger partial charge in [0.1, 0.15) is 0 Å². The molecule has 60 valence electrons. The van der Waals surface area contributed by atoms with Gasteiger partial charge in [0.2, 0.25) is 0 Å². The average molecular weight is 159 g/mol. The third-order valence-electron chi connectivity index (χ3n) is 1.56. The lowest BCUT2D eigenvalue weighted by molar-refractivity contribution is 0.281. The predicted molar refractivity (Wildman–Crippen MR) is 47.0 cm³/mol. The van der Waals surface area contributed by atoms with Gasteiger partial charge in [-0.05, 0) is 17.2 Å². The Morgan fingerprint density at radius 1 is 1.42 bits per heavy atom. The summed E-state index contributed by atoms with van der Waals surface area (Å²) in [4.78, 5) is 0. The molecule has 1 aromatic carbocycles. The van der Waals surface area contributed by atoms with Crippen LogP contribution in [0.4, 0.5) is 0 Å². The van der Waals surface area contributed by atoms with Gasteiger partial charge in [-0.15, -0.1) is 0 Å². The van der Waals surface area contributed by atoms with E-state index in [1.165, 1.54) is 6.08 Å². The summed E-state index contributed by atoms with van der Waals surface area (Å²) in [6, 6.07) is 9.32. The van der Waals surface area contributed by atoms with Crippen LogP contribution in [0, 0.1) is 11.3 Å². The summed E-state index contributed by atoms with van der Waals surface area (Å²) in [5.41, 5.74) is 1.73. The maximum Gasteiger partial charge on any atom is 0.0912 e. The van der Waals surface area contributed by atoms with Crippen molar-refractivity contribution < 1.29 is 5.11 Å². The summed E-state index contributed by atoms with van der Waals surface area (Å²) in [6.07, 6.45) is 3.08. The highest BCUT2D eigenvalue weighted by Gasteiger charge is 1.94. The van der Waals surface area contributed by atoms with Crippen LogP contribution in [0.2, 0.25) is 0 Å². The highest BCUT2D eigenvalue weighted by atomic mass is 16.3. The highest BCUT2D eigenvalue weighted by molar-refractivity contribution is 5.55. The Hall–Kier alpha value is -1.59. The molecule has 0 aliphatic rings. The van der Waals surface area contributed by atoms with Gasteiger partial charge in [0.25, 0.3) is 0 Å². The van der Waals surface area contributed by atoms with Crippen molar-refractivity contribution in [2.75, 3.05) is 0 Å². The SMILES string of the molecule is N#C/C=C/c1ccccc1CO. The first kappa shape index (κ1) is 8.51. The smallest absolute Gasteiger partial charge is 0.0912 e. The lowest BCUT2D eigenvalue weighted by Gasteiger charge is -1.99. The zero-order valence-corrected chi connectivity index (χ0v) is 6.57. The van der Waals surface area contributed by atoms with Crippen molar-refractivity contribution in [3.63, 3.8) is 0 Å². The molecule has 0 fully saturated rings. The van der Waals surface area contributed by atoms with Crippen LogP contribution >= 0.6 is 0 Å². The van der Waals surface area contributed by atoms with Crippen LogP contribution in [0.25, 0.3) is 6.08 Å². The number of hydrogen-bond acceptors (Lipinski definition) is 2. The van der Waals surface area contributed by atoms with E-state index in [1.54, 1.807) is 6.08 Å². The fourth-order valence-corrected chi connectivity index (χ4v) is 0.968. The van der Waals surface area contributed by atoms with E-state index in [2.05, 4.69) is 0 Å². The molecule has 0 saturated carbocycles. The van der Waals surface area contributed by atoms with Crippen molar-refractivity contribution in [3.8, 4) is 6.07 Å². The van der Waals surface area contributed by atoms with Gasteiger partial charge in [-0.3, -0.25) is 0 Å². The maximum absolute atomic E-state index is 8.90. The molecule has 0 bridgehead atoms. The van der Waals surface area contributed by atoms with E-state index in [0.717, 1.165) is 11.1 Å². The van der Waals surface area contributed by atoms with E-state index in [0.29, 0.717) is 0 Å². The normalized spacial score (nSPS) is 10.0. The molecule has 0 heterocycles.